The lowest BCUT2D eigenvalue weighted by Crippen LogP contribution is -1.89. The third-order valence-corrected chi connectivity index (χ3v) is 2.87. The number of rotatable bonds is 3. The summed E-state index contributed by atoms with van der Waals surface area (Å²) in [6.07, 6.45) is 1.80. The van der Waals surface area contributed by atoms with Crippen LogP contribution in [0.5, 0.6) is 0 Å². The summed E-state index contributed by atoms with van der Waals surface area (Å²) in [5.41, 5.74) is 0.404. The van der Waals surface area contributed by atoms with Gasteiger partial charge in [0.15, 0.2) is 5.82 Å². The smallest absolute Gasteiger partial charge is 0.185 e. The molecule has 1 aromatic heterocycles. The van der Waals surface area contributed by atoms with Crippen molar-refractivity contribution in [2.45, 2.75) is 19.8 Å². The molecule has 0 fully saturated rings. The van der Waals surface area contributed by atoms with Crippen LogP contribution in [-0.2, 0) is 6.42 Å². The minimum Gasteiger partial charge on any atom is -0.263 e. The second-order valence-corrected chi connectivity index (χ2v) is 4.31. The molecule has 0 aliphatic rings. The van der Waals surface area contributed by atoms with Gasteiger partial charge >= 0.3 is 0 Å². The van der Waals surface area contributed by atoms with Gasteiger partial charge in [-0.2, -0.15) is 5.10 Å². The van der Waals surface area contributed by atoms with Crippen LogP contribution in [0.25, 0.3) is 11.4 Å². The Labute approximate surface area is 101 Å². The number of hydrogen-bond donors (Lipinski definition) is 1. The highest BCUT2D eigenvalue weighted by Gasteiger charge is 2.13. The van der Waals surface area contributed by atoms with E-state index in [4.69, 9.17) is 0 Å². The van der Waals surface area contributed by atoms with Gasteiger partial charge in [-0.25, -0.2) is 9.37 Å². The molecule has 0 saturated heterocycles. The summed E-state index contributed by atoms with van der Waals surface area (Å²) in [5, 5.41) is 6.83. The molecule has 2 aromatic rings. The number of H-pyrrole nitrogens is 1. The maximum atomic E-state index is 13.6. The Morgan fingerprint density at radius 2 is 2.25 bits per heavy atom. The maximum Gasteiger partial charge on any atom is 0.185 e. The summed E-state index contributed by atoms with van der Waals surface area (Å²) in [6.45, 7) is 2.06. The molecule has 0 radical (unpaired) electrons. The SMILES string of the molecule is CCCc1nc(-c2c(F)cccc2Br)n[nH]1. The summed E-state index contributed by atoms with van der Waals surface area (Å²) in [6, 6.07) is 4.81. The highest BCUT2D eigenvalue weighted by molar-refractivity contribution is 9.10. The molecule has 3 nitrogen and oxygen atoms in total. The number of nitrogens with zero attached hydrogens (tertiary/aromatic N) is 2. The van der Waals surface area contributed by atoms with Crippen molar-refractivity contribution in [3.05, 3.63) is 34.3 Å². The van der Waals surface area contributed by atoms with Gasteiger partial charge in [0, 0.05) is 10.9 Å². The minimum atomic E-state index is -0.323. The van der Waals surface area contributed by atoms with Crippen molar-refractivity contribution in [1.82, 2.24) is 15.2 Å². The Bertz CT molecular complexity index is 475. The highest BCUT2D eigenvalue weighted by Crippen LogP contribution is 2.28. The standard InChI is InChI=1S/C11H11BrFN3/c1-2-4-9-14-11(16-15-9)10-7(12)5-3-6-8(10)13/h3,5-6H,2,4H2,1H3,(H,14,15,16). The van der Waals surface area contributed by atoms with Crippen molar-refractivity contribution in [3.63, 3.8) is 0 Å². The molecule has 2 rings (SSSR count). The number of aryl methyl sites for hydroxylation is 1. The molecular formula is C11H11BrFN3. The van der Waals surface area contributed by atoms with Crippen molar-refractivity contribution in [3.8, 4) is 11.4 Å². The molecule has 0 saturated carbocycles. The van der Waals surface area contributed by atoms with E-state index in [2.05, 4.69) is 38.0 Å². The van der Waals surface area contributed by atoms with Crippen LogP contribution >= 0.6 is 15.9 Å². The molecule has 0 unspecified atom stereocenters. The Hall–Kier alpha value is -1.23. The summed E-state index contributed by atoms with van der Waals surface area (Å²) < 4.78 is 14.3. The summed E-state index contributed by atoms with van der Waals surface area (Å²) >= 11 is 3.30. The van der Waals surface area contributed by atoms with Gasteiger partial charge in [0.2, 0.25) is 0 Å². The Kier molecular flexibility index (Phi) is 3.33. The van der Waals surface area contributed by atoms with E-state index in [0.717, 1.165) is 18.7 Å². The molecule has 84 valence electrons. The fourth-order valence-corrected chi connectivity index (χ4v) is 1.99. The lowest BCUT2D eigenvalue weighted by Gasteiger charge is -2.00. The Balaban J connectivity index is 2.42. The van der Waals surface area contributed by atoms with Crippen molar-refractivity contribution in [2.75, 3.05) is 0 Å². The molecule has 0 amide bonds. The van der Waals surface area contributed by atoms with Crippen LogP contribution in [0.2, 0.25) is 0 Å². The van der Waals surface area contributed by atoms with Gasteiger partial charge in [-0.3, -0.25) is 5.10 Å². The van der Waals surface area contributed by atoms with Crippen LogP contribution in [0, 0.1) is 5.82 Å². The van der Waals surface area contributed by atoms with Crippen LogP contribution in [-0.4, -0.2) is 15.2 Å². The van der Waals surface area contributed by atoms with Gasteiger partial charge < -0.3 is 0 Å². The monoisotopic (exact) mass is 283 g/mol. The van der Waals surface area contributed by atoms with Crippen molar-refractivity contribution >= 4 is 15.9 Å². The molecule has 5 heteroatoms. The van der Waals surface area contributed by atoms with E-state index in [1.165, 1.54) is 6.07 Å². The zero-order valence-corrected chi connectivity index (χ0v) is 10.4. The maximum absolute atomic E-state index is 13.6. The van der Waals surface area contributed by atoms with E-state index in [-0.39, 0.29) is 5.82 Å². The predicted octanol–water partition coefficient (Wildman–Crippen LogP) is 3.33. The normalized spacial score (nSPS) is 10.7. The lowest BCUT2D eigenvalue weighted by molar-refractivity contribution is 0.629. The second kappa shape index (κ2) is 4.74. The van der Waals surface area contributed by atoms with E-state index in [1.54, 1.807) is 12.1 Å². The van der Waals surface area contributed by atoms with Gasteiger partial charge in [-0.05, 0) is 34.5 Å². The lowest BCUT2D eigenvalue weighted by atomic mass is 10.2. The van der Waals surface area contributed by atoms with Crippen molar-refractivity contribution in [1.29, 1.82) is 0 Å². The van der Waals surface area contributed by atoms with Crippen LogP contribution < -0.4 is 0 Å². The fourth-order valence-electron chi connectivity index (χ4n) is 1.47. The molecule has 0 atom stereocenters. The predicted molar refractivity (Wildman–Crippen MR) is 63.5 cm³/mol. The quantitative estimate of drug-likeness (QED) is 0.939. The van der Waals surface area contributed by atoms with Gasteiger partial charge in [-0.1, -0.05) is 13.0 Å². The summed E-state index contributed by atoms with van der Waals surface area (Å²) in [5.74, 6) is 0.859. The number of aromatic amines is 1. The topological polar surface area (TPSA) is 41.6 Å². The number of nitrogens with one attached hydrogen (secondary N) is 1. The Morgan fingerprint density at radius 3 is 2.94 bits per heavy atom. The molecule has 0 spiro atoms. The second-order valence-electron chi connectivity index (χ2n) is 3.45. The Morgan fingerprint density at radius 1 is 1.44 bits per heavy atom. The van der Waals surface area contributed by atoms with Crippen LogP contribution in [0.3, 0.4) is 0 Å². The average molecular weight is 284 g/mol. The summed E-state index contributed by atoms with van der Waals surface area (Å²) in [4.78, 5) is 4.26. The van der Waals surface area contributed by atoms with Crippen LogP contribution in [0.1, 0.15) is 19.2 Å². The molecule has 0 aliphatic carbocycles. The molecular weight excluding hydrogens is 273 g/mol. The fraction of sp³-hybridized carbons (Fsp3) is 0.273. The van der Waals surface area contributed by atoms with E-state index < -0.39 is 0 Å². The zero-order valence-electron chi connectivity index (χ0n) is 8.80. The van der Waals surface area contributed by atoms with E-state index in [1.807, 2.05) is 0 Å². The minimum absolute atomic E-state index is 0.323. The van der Waals surface area contributed by atoms with E-state index in [0.29, 0.717) is 15.9 Å². The third kappa shape index (κ3) is 2.14. The van der Waals surface area contributed by atoms with Gasteiger partial charge in [0.05, 0.1) is 5.56 Å². The number of hydrogen-bond acceptors (Lipinski definition) is 2. The number of benzene rings is 1. The molecule has 0 bridgehead atoms. The first-order valence-corrected chi connectivity index (χ1v) is 5.87. The first-order valence-electron chi connectivity index (χ1n) is 5.08. The number of halogens is 2. The first-order chi connectivity index (χ1) is 7.72. The third-order valence-electron chi connectivity index (χ3n) is 2.20. The van der Waals surface area contributed by atoms with Gasteiger partial charge in [0.1, 0.15) is 11.6 Å². The van der Waals surface area contributed by atoms with E-state index >= 15 is 0 Å². The summed E-state index contributed by atoms with van der Waals surface area (Å²) in [7, 11) is 0. The first kappa shape index (κ1) is 11.3. The van der Waals surface area contributed by atoms with Gasteiger partial charge in [-0.15, -0.1) is 0 Å². The zero-order chi connectivity index (χ0) is 11.5. The molecule has 1 N–H and O–H groups in total. The number of aromatic nitrogens is 3. The largest absolute Gasteiger partial charge is 0.263 e. The van der Waals surface area contributed by atoms with Crippen molar-refractivity contribution < 1.29 is 4.39 Å². The van der Waals surface area contributed by atoms with Crippen molar-refractivity contribution in [2.24, 2.45) is 0 Å². The van der Waals surface area contributed by atoms with E-state index in [9.17, 15) is 4.39 Å². The van der Waals surface area contributed by atoms with Crippen LogP contribution in [0.4, 0.5) is 4.39 Å². The molecule has 0 aliphatic heterocycles. The van der Waals surface area contributed by atoms with Crippen LogP contribution in [0.15, 0.2) is 22.7 Å². The molecule has 16 heavy (non-hydrogen) atoms. The average Bonchev–Trinajstić information content (AvgIpc) is 2.67. The molecule has 1 heterocycles. The molecule has 1 aromatic carbocycles. The highest BCUT2D eigenvalue weighted by atomic mass is 79.9. The van der Waals surface area contributed by atoms with Gasteiger partial charge in [0.25, 0.3) is 0 Å².